The summed E-state index contributed by atoms with van der Waals surface area (Å²) in [4.78, 5) is 13.3. The minimum atomic E-state index is -5.18. The van der Waals surface area contributed by atoms with E-state index < -0.39 is 35.7 Å². The van der Waals surface area contributed by atoms with Crippen LogP contribution in [0.5, 0.6) is 11.5 Å². The van der Waals surface area contributed by atoms with Gasteiger partial charge in [-0.15, -0.1) is 13.2 Å². The first-order chi connectivity index (χ1) is 7.74. The molecule has 0 radical (unpaired) electrons. The lowest BCUT2D eigenvalue weighted by molar-refractivity contribution is -0.275. The molecule has 0 aliphatic carbocycles. The highest BCUT2D eigenvalue weighted by atomic mass is 19.4. The van der Waals surface area contributed by atoms with Gasteiger partial charge in [-0.05, 0) is 0 Å². The van der Waals surface area contributed by atoms with Crippen LogP contribution in [0.1, 0.15) is 22.6 Å². The number of pyridine rings is 1. The fourth-order valence-corrected chi connectivity index (χ4v) is 0.968. The zero-order chi connectivity index (χ0) is 13.2. The van der Waals surface area contributed by atoms with Gasteiger partial charge in [-0.2, -0.15) is 0 Å². The smallest absolute Gasteiger partial charge is 0.503 e. The summed E-state index contributed by atoms with van der Waals surface area (Å²) in [5, 5.41) is 9.06. The zero-order valence-corrected chi connectivity index (χ0v) is 7.83. The van der Waals surface area contributed by atoms with Crippen LogP contribution in [0.4, 0.5) is 22.0 Å². The molecule has 0 saturated heterocycles. The number of ether oxygens (including phenoxy) is 1. The van der Waals surface area contributed by atoms with Crippen LogP contribution in [0.2, 0.25) is 0 Å². The van der Waals surface area contributed by atoms with Crippen molar-refractivity contribution < 1.29 is 36.6 Å². The summed E-state index contributed by atoms with van der Waals surface area (Å²) < 4.78 is 63.4. The van der Waals surface area contributed by atoms with Crippen molar-refractivity contribution >= 4 is 6.29 Å². The minimum absolute atomic E-state index is 0.0471. The fraction of sp³-hybridized carbons (Fsp3) is 0.250. The molecule has 9 heteroatoms. The summed E-state index contributed by atoms with van der Waals surface area (Å²) in [5.41, 5.74) is -2.06. The molecule has 0 fully saturated rings. The van der Waals surface area contributed by atoms with Crippen molar-refractivity contribution in [2.75, 3.05) is 0 Å². The van der Waals surface area contributed by atoms with E-state index in [1.165, 1.54) is 0 Å². The third-order valence-corrected chi connectivity index (χ3v) is 1.56. The van der Waals surface area contributed by atoms with Gasteiger partial charge in [0.1, 0.15) is 5.69 Å². The maximum atomic E-state index is 12.3. The molecule has 17 heavy (non-hydrogen) atoms. The highest BCUT2D eigenvalue weighted by Gasteiger charge is 2.34. The molecule has 4 nitrogen and oxygen atoms in total. The monoisotopic (exact) mass is 257 g/mol. The van der Waals surface area contributed by atoms with Crippen LogP contribution in [-0.2, 0) is 0 Å². The molecule has 0 aliphatic rings. The van der Waals surface area contributed by atoms with Gasteiger partial charge in [0, 0.05) is 6.07 Å². The summed E-state index contributed by atoms with van der Waals surface area (Å²) in [5.74, 6) is -2.76. The quantitative estimate of drug-likeness (QED) is 0.667. The van der Waals surface area contributed by atoms with E-state index in [-0.39, 0.29) is 6.29 Å². The van der Waals surface area contributed by atoms with Gasteiger partial charge in [-0.25, -0.2) is 13.8 Å². The van der Waals surface area contributed by atoms with E-state index in [0.29, 0.717) is 6.07 Å². The predicted molar refractivity (Wildman–Crippen MR) is 42.9 cm³/mol. The average Bonchev–Trinajstić information content (AvgIpc) is 2.18. The topological polar surface area (TPSA) is 59.4 Å². The van der Waals surface area contributed by atoms with Crippen LogP contribution in [-0.4, -0.2) is 22.7 Å². The van der Waals surface area contributed by atoms with E-state index in [1.807, 2.05) is 0 Å². The van der Waals surface area contributed by atoms with Gasteiger partial charge in [0.25, 0.3) is 6.43 Å². The molecule has 0 unspecified atom stereocenters. The lowest BCUT2D eigenvalue weighted by Gasteiger charge is -2.12. The van der Waals surface area contributed by atoms with E-state index in [0.717, 1.165) is 0 Å². The molecule has 0 spiro atoms. The highest BCUT2D eigenvalue weighted by molar-refractivity contribution is 5.73. The lowest BCUT2D eigenvalue weighted by atomic mass is 10.2. The van der Waals surface area contributed by atoms with Crippen LogP contribution in [0.3, 0.4) is 0 Å². The molecule has 0 saturated carbocycles. The highest BCUT2D eigenvalue weighted by Crippen LogP contribution is 2.37. The maximum absolute atomic E-state index is 12.3. The molecule has 1 aromatic rings. The van der Waals surface area contributed by atoms with Gasteiger partial charge in [0.05, 0.1) is 0 Å². The molecular weight excluding hydrogens is 253 g/mol. The van der Waals surface area contributed by atoms with E-state index in [4.69, 9.17) is 5.11 Å². The van der Waals surface area contributed by atoms with E-state index >= 15 is 0 Å². The van der Waals surface area contributed by atoms with Crippen molar-refractivity contribution in [1.29, 1.82) is 0 Å². The summed E-state index contributed by atoms with van der Waals surface area (Å²) in [6.45, 7) is 0. The van der Waals surface area contributed by atoms with Crippen molar-refractivity contribution in [2.45, 2.75) is 12.8 Å². The van der Waals surface area contributed by atoms with Gasteiger partial charge in [0.2, 0.25) is 0 Å². The Kier molecular flexibility index (Phi) is 3.49. The zero-order valence-electron chi connectivity index (χ0n) is 7.83. The molecule has 1 aromatic heterocycles. The normalized spacial score (nSPS) is 11.6. The molecule has 1 rings (SSSR count). The number of aromatic hydroxyl groups is 1. The molecule has 0 aromatic carbocycles. The average molecular weight is 257 g/mol. The van der Waals surface area contributed by atoms with Crippen LogP contribution >= 0.6 is 0 Å². The molecule has 0 bridgehead atoms. The first kappa shape index (κ1) is 13.1. The maximum Gasteiger partial charge on any atom is 0.573 e. The SMILES string of the molecule is O=Cc1cc(OC(F)(F)F)c(O)c(C(F)F)n1. The molecule has 1 heterocycles. The largest absolute Gasteiger partial charge is 0.573 e. The second-order valence-corrected chi connectivity index (χ2v) is 2.75. The fourth-order valence-electron chi connectivity index (χ4n) is 0.968. The second-order valence-electron chi connectivity index (χ2n) is 2.75. The third-order valence-electron chi connectivity index (χ3n) is 1.56. The van der Waals surface area contributed by atoms with Gasteiger partial charge < -0.3 is 9.84 Å². The van der Waals surface area contributed by atoms with E-state index in [1.54, 1.807) is 0 Å². The number of halogens is 5. The van der Waals surface area contributed by atoms with E-state index in [2.05, 4.69) is 9.72 Å². The first-order valence-electron chi connectivity index (χ1n) is 3.97. The summed E-state index contributed by atoms with van der Waals surface area (Å²) in [7, 11) is 0. The number of nitrogens with zero attached hydrogens (tertiary/aromatic N) is 1. The second kappa shape index (κ2) is 4.52. The van der Waals surface area contributed by atoms with Crippen molar-refractivity contribution in [1.82, 2.24) is 4.98 Å². The number of aldehydes is 1. The molecular formula is C8H4F5NO3. The minimum Gasteiger partial charge on any atom is -0.503 e. The van der Waals surface area contributed by atoms with Gasteiger partial charge >= 0.3 is 6.36 Å². The van der Waals surface area contributed by atoms with Crippen LogP contribution < -0.4 is 4.74 Å². The molecule has 0 atom stereocenters. The number of carbonyl (C=O) groups is 1. The van der Waals surface area contributed by atoms with Gasteiger partial charge in [-0.3, -0.25) is 4.79 Å². The Bertz CT molecular complexity index is 432. The Morgan fingerprint density at radius 2 is 2.00 bits per heavy atom. The Hall–Kier alpha value is -1.93. The molecule has 1 N–H and O–H groups in total. The van der Waals surface area contributed by atoms with Crippen molar-refractivity contribution in [2.24, 2.45) is 0 Å². The van der Waals surface area contributed by atoms with Gasteiger partial charge in [0.15, 0.2) is 23.5 Å². The number of alkyl halides is 5. The molecule has 0 amide bonds. The lowest BCUT2D eigenvalue weighted by Crippen LogP contribution is -2.18. The predicted octanol–water partition coefficient (Wildman–Crippen LogP) is 2.44. The number of hydrogen-bond donors (Lipinski definition) is 1. The first-order valence-corrected chi connectivity index (χ1v) is 3.97. The Morgan fingerprint density at radius 1 is 1.41 bits per heavy atom. The molecule has 94 valence electrons. The van der Waals surface area contributed by atoms with E-state index in [9.17, 15) is 26.7 Å². The third kappa shape index (κ3) is 3.26. The standard InChI is InChI=1S/C8H4F5NO3/c9-7(10)5-6(16)4(17-8(11,12)13)1-3(2-15)14-5/h1-2,7,16H. The van der Waals surface area contributed by atoms with Gasteiger partial charge in [-0.1, -0.05) is 0 Å². The van der Waals surface area contributed by atoms with Crippen LogP contribution in [0, 0.1) is 0 Å². The van der Waals surface area contributed by atoms with Crippen molar-refractivity contribution in [3.8, 4) is 11.5 Å². The van der Waals surface area contributed by atoms with Crippen molar-refractivity contribution in [3.63, 3.8) is 0 Å². The number of aromatic nitrogens is 1. The Morgan fingerprint density at radius 3 is 2.41 bits per heavy atom. The number of carbonyl (C=O) groups excluding carboxylic acids is 1. The Balaban J connectivity index is 3.29. The summed E-state index contributed by atoms with van der Waals surface area (Å²) in [6.07, 6.45) is -8.57. The number of hydrogen-bond acceptors (Lipinski definition) is 4. The van der Waals surface area contributed by atoms with Crippen LogP contribution in [0.15, 0.2) is 6.07 Å². The van der Waals surface area contributed by atoms with Crippen molar-refractivity contribution in [3.05, 3.63) is 17.5 Å². The Labute approximate surface area is 90.6 Å². The molecule has 0 aliphatic heterocycles. The van der Waals surface area contributed by atoms with Crippen LogP contribution in [0.25, 0.3) is 0 Å². The summed E-state index contributed by atoms with van der Waals surface area (Å²) >= 11 is 0. The number of rotatable bonds is 3. The summed E-state index contributed by atoms with van der Waals surface area (Å²) in [6, 6.07) is 0.404.